The Balaban J connectivity index is 1.50. The number of benzene rings is 3. The van der Waals surface area contributed by atoms with Gasteiger partial charge >= 0.3 is 0 Å². The van der Waals surface area contributed by atoms with Gasteiger partial charge in [0.25, 0.3) is 0 Å². The number of fused-ring (bicyclic) bond motifs is 1. The van der Waals surface area contributed by atoms with Crippen molar-refractivity contribution < 1.29 is 22.7 Å². The van der Waals surface area contributed by atoms with Crippen LogP contribution in [-0.4, -0.2) is 49.2 Å². The zero-order valence-corrected chi connectivity index (χ0v) is 26.4. The summed E-state index contributed by atoms with van der Waals surface area (Å²) < 4.78 is 38.6. The van der Waals surface area contributed by atoms with E-state index < -0.39 is 15.9 Å². The third-order valence-electron chi connectivity index (χ3n) is 7.87. The van der Waals surface area contributed by atoms with Crippen LogP contribution >= 0.6 is 0 Å². The zero-order chi connectivity index (χ0) is 31.4. The van der Waals surface area contributed by atoms with Crippen molar-refractivity contribution in [3.05, 3.63) is 84.1 Å². The average Bonchev–Trinajstić information content (AvgIpc) is 2.95. The molecule has 44 heavy (non-hydrogen) atoms. The number of amides is 1. The van der Waals surface area contributed by atoms with Crippen molar-refractivity contribution in [2.45, 2.75) is 68.9 Å². The van der Waals surface area contributed by atoms with E-state index in [1.54, 1.807) is 42.4 Å². The molecule has 3 aromatic carbocycles. The van der Waals surface area contributed by atoms with Crippen LogP contribution in [0.5, 0.6) is 11.5 Å². The highest BCUT2D eigenvalue weighted by molar-refractivity contribution is 7.92. The van der Waals surface area contributed by atoms with Crippen LogP contribution in [0.1, 0.15) is 57.2 Å². The Labute approximate surface area is 259 Å². The number of nitrogens with one attached hydrogen (secondary N) is 1. The molecule has 1 saturated carbocycles. The summed E-state index contributed by atoms with van der Waals surface area (Å²) in [5, 5.41) is 4.75. The van der Waals surface area contributed by atoms with Gasteiger partial charge in [-0.3, -0.25) is 4.79 Å². The molecule has 1 fully saturated rings. The van der Waals surface area contributed by atoms with Gasteiger partial charge in [-0.05, 0) is 92.6 Å². The van der Waals surface area contributed by atoms with Gasteiger partial charge in [0.15, 0.2) is 21.3 Å². The monoisotopic (exact) mass is 616 g/mol. The van der Waals surface area contributed by atoms with Gasteiger partial charge in [-0.1, -0.05) is 30.7 Å². The van der Waals surface area contributed by atoms with E-state index in [0.29, 0.717) is 58.5 Å². The van der Waals surface area contributed by atoms with Crippen LogP contribution in [0, 0.1) is 0 Å². The number of aromatic nitrogens is 1. The smallest absolute Gasteiger partial charge is 0.249 e. The van der Waals surface area contributed by atoms with Crippen LogP contribution in [-0.2, 0) is 21.2 Å². The van der Waals surface area contributed by atoms with Gasteiger partial charge in [0, 0.05) is 30.9 Å². The lowest BCUT2D eigenvalue weighted by atomic mass is 10.00. The molecule has 4 aromatic rings. The molecule has 0 spiro atoms. The molecule has 0 unspecified atom stereocenters. The summed E-state index contributed by atoms with van der Waals surface area (Å²) in [5.41, 5.74) is 8.05. The standard InChI is InChI=1S/C34H40N4O5S/c1-5-42-30-20-24(13-16-29(30)43-22(2)3)32(37-26-14-15-28-23(19-26)17-18-36-33(28)35)34(39)38(4)21-25-9-6-7-12-31(25)44(40,41)27-10-8-11-27/h6-7,9,12-20,22,27,32,37H,5,8,10-11,21H2,1-4H3,(H2,35,36)/t32-/m0/s1. The highest BCUT2D eigenvalue weighted by atomic mass is 32.2. The molecule has 1 aromatic heterocycles. The fraction of sp³-hybridized carbons (Fsp3) is 0.353. The third kappa shape index (κ3) is 6.60. The Morgan fingerprint density at radius 2 is 1.84 bits per heavy atom. The highest BCUT2D eigenvalue weighted by Gasteiger charge is 2.34. The fourth-order valence-electron chi connectivity index (χ4n) is 5.40. The largest absolute Gasteiger partial charge is 0.490 e. The topological polar surface area (TPSA) is 124 Å². The van der Waals surface area contributed by atoms with E-state index >= 15 is 0 Å². The number of hydrogen-bond donors (Lipinski definition) is 2. The van der Waals surface area contributed by atoms with E-state index in [1.165, 1.54) is 0 Å². The summed E-state index contributed by atoms with van der Waals surface area (Å²) in [7, 11) is -1.78. The summed E-state index contributed by atoms with van der Waals surface area (Å²) in [6.45, 7) is 6.34. The second kappa shape index (κ2) is 13.1. The molecule has 9 nitrogen and oxygen atoms in total. The highest BCUT2D eigenvalue weighted by Crippen LogP contribution is 2.35. The minimum absolute atomic E-state index is 0.0578. The predicted molar refractivity (Wildman–Crippen MR) is 174 cm³/mol. The Morgan fingerprint density at radius 3 is 2.55 bits per heavy atom. The van der Waals surface area contributed by atoms with Crippen molar-refractivity contribution in [2.24, 2.45) is 0 Å². The Kier molecular flexibility index (Phi) is 9.29. The number of anilines is 2. The molecule has 0 radical (unpaired) electrons. The van der Waals surface area contributed by atoms with E-state index in [9.17, 15) is 13.2 Å². The van der Waals surface area contributed by atoms with E-state index in [-0.39, 0.29) is 23.8 Å². The number of sulfone groups is 1. The maximum absolute atomic E-state index is 14.3. The molecule has 0 saturated heterocycles. The molecule has 5 rings (SSSR count). The molecule has 1 aliphatic rings. The molecule has 0 bridgehead atoms. The number of nitrogens with zero attached hydrogens (tertiary/aromatic N) is 2. The van der Waals surface area contributed by atoms with Crippen molar-refractivity contribution >= 4 is 38.0 Å². The molecule has 1 amide bonds. The molecular weight excluding hydrogens is 576 g/mol. The fourth-order valence-corrected chi connectivity index (χ4v) is 7.48. The number of hydrogen-bond acceptors (Lipinski definition) is 8. The molecule has 1 heterocycles. The first kappa shape index (κ1) is 31.1. The Morgan fingerprint density at radius 1 is 1.07 bits per heavy atom. The molecular formula is C34H40N4O5S. The third-order valence-corrected chi connectivity index (χ3v) is 10.2. The number of ether oxygens (including phenoxy) is 2. The van der Waals surface area contributed by atoms with Crippen molar-refractivity contribution in [1.82, 2.24) is 9.88 Å². The van der Waals surface area contributed by atoms with Crippen molar-refractivity contribution in [2.75, 3.05) is 24.7 Å². The maximum atomic E-state index is 14.3. The van der Waals surface area contributed by atoms with Gasteiger partial charge in [0.2, 0.25) is 5.91 Å². The summed E-state index contributed by atoms with van der Waals surface area (Å²) in [6.07, 6.45) is 3.85. The Bertz CT molecular complexity index is 1750. The summed E-state index contributed by atoms with van der Waals surface area (Å²) in [6, 6.07) is 19.2. The van der Waals surface area contributed by atoms with Crippen molar-refractivity contribution in [3.8, 4) is 11.5 Å². The minimum atomic E-state index is -3.48. The summed E-state index contributed by atoms with van der Waals surface area (Å²) in [5.74, 6) is 1.32. The van der Waals surface area contributed by atoms with Crippen molar-refractivity contribution in [3.63, 3.8) is 0 Å². The van der Waals surface area contributed by atoms with Gasteiger partial charge in [-0.15, -0.1) is 0 Å². The van der Waals surface area contributed by atoms with E-state index in [4.69, 9.17) is 15.2 Å². The first-order valence-corrected chi connectivity index (χ1v) is 16.5. The van der Waals surface area contributed by atoms with Gasteiger partial charge in [-0.2, -0.15) is 0 Å². The normalized spacial score (nSPS) is 14.2. The number of carbonyl (C=O) groups excluding carboxylic acids is 1. The van der Waals surface area contributed by atoms with Gasteiger partial charge in [0.1, 0.15) is 11.9 Å². The van der Waals surface area contributed by atoms with Crippen LogP contribution in [0.3, 0.4) is 0 Å². The number of nitrogen functional groups attached to an aromatic ring is 1. The van der Waals surface area contributed by atoms with Crippen LogP contribution in [0.15, 0.2) is 77.8 Å². The SMILES string of the molecule is CCOc1cc([C@H](Nc2ccc3c(N)nccc3c2)C(=O)N(C)Cc2ccccc2S(=O)(=O)C2CCC2)ccc1OC(C)C. The van der Waals surface area contributed by atoms with E-state index in [0.717, 1.165) is 17.2 Å². The Hall–Kier alpha value is -4.31. The summed E-state index contributed by atoms with van der Waals surface area (Å²) >= 11 is 0. The minimum Gasteiger partial charge on any atom is -0.490 e. The second-order valence-electron chi connectivity index (χ2n) is 11.4. The molecule has 1 aliphatic carbocycles. The van der Waals surface area contributed by atoms with Crippen LogP contribution in [0.25, 0.3) is 10.8 Å². The summed E-state index contributed by atoms with van der Waals surface area (Å²) in [4.78, 5) is 20.3. The number of carbonyl (C=O) groups is 1. The zero-order valence-electron chi connectivity index (χ0n) is 25.6. The molecule has 1 atom stereocenters. The lowest BCUT2D eigenvalue weighted by molar-refractivity contribution is -0.131. The molecule has 232 valence electrons. The van der Waals surface area contributed by atoms with Gasteiger partial charge < -0.3 is 25.4 Å². The first-order valence-electron chi connectivity index (χ1n) is 15.0. The van der Waals surface area contributed by atoms with Crippen LogP contribution in [0.2, 0.25) is 0 Å². The van der Waals surface area contributed by atoms with Crippen molar-refractivity contribution in [1.29, 1.82) is 0 Å². The molecule has 3 N–H and O–H groups in total. The lowest BCUT2D eigenvalue weighted by Gasteiger charge is -2.29. The quantitative estimate of drug-likeness (QED) is 0.195. The van der Waals surface area contributed by atoms with Gasteiger partial charge in [0.05, 0.1) is 22.9 Å². The first-order chi connectivity index (χ1) is 21.1. The lowest BCUT2D eigenvalue weighted by Crippen LogP contribution is -2.36. The number of pyridine rings is 1. The second-order valence-corrected chi connectivity index (χ2v) is 13.6. The number of nitrogens with two attached hydrogens (primary N) is 1. The number of rotatable bonds is 12. The van der Waals surface area contributed by atoms with Crippen LogP contribution < -0.4 is 20.5 Å². The molecule has 0 aliphatic heterocycles. The predicted octanol–water partition coefficient (Wildman–Crippen LogP) is 6.14. The molecule has 10 heteroatoms. The average molecular weight is 617 g/mol. The van der Waals surface area contributed by atoms with E-state index in [2.05, 4.69) is 10.3 Å². The maximum Gasteiger partial charge on any atom is 0.249 e. The number of likely N-dealkylation sites (N-methyl/N-ethyl adjacent to an activating group) is 1. The van der Waals surface area contributed by atoms with Gasteiger partial charge in [-0.25, -0.2) is 13.4 Å². The van der Waals surface area contributed by atoms with E-state index in [1.807, 2.05) is 63.2 Å². The van der Waals surface area contributed by atoms with Crippen LogP contribution in [0.4, 0.5) is 11.5 Å².